The minimum atomic E-state index is -3.19. The van der Waals surface area contributed by atoms with Gasteiger partial charge in [-0.25, -0.2) is 0 Å². The average molecular weight is 275 g/mol. The summed E-state index contributed by atoms with van der Waals surface area (Å²) in [6.45, 7) is 5.83. The van der Waals surface area contributed by atoms with E-state index in [1.165, 1.54) is 0 Å². The van der Waals surface area contributed by atoms with E-state index >= 15 is 0 Å². The molecule has 2 heterocycles. The molecule has 0 amide bonds. The monoisotopic (exact) mass is 275 g/mol. The molecule has 2 aliphatic rings. The second-order valence-corrected chi connectivity index (χ2v) is 7.19. The predicted molar refractivity (Wildman–Crippen MR) is 72.6 cm³/mol. The minimum absolute atomic E-state index is 0.330. The van der Waals surface area contributed by atoms with Crippen molar-refractivity contribution in [1.29, 1.82) is 0 Å². The molecular formula is C12H25N3O2S. The Bertz CT molecular complexity index is 352. The lowest BCUT2D eigenvalue weighted by Gasteiger charge is -2.34. The van der Waals surface area contributed by atoms with Crippen molar-refractivity contribution in [1.82, 2.24) is 13.9 Å². The van der Waals surface area contributed by atoms with Crippen LogP contribution in [0.4, 0.5) is 0 Å². The highest BCUT2D eigenvalue weighted by Crippen LogP contribution is 2.20. The lowest BCUT2D eigenvalue weighted by molar-refractivity contribution is 0.267. The third-order valence-corrected chi connectivity index (χ3v) is 5.79. The summed E-state index contributed by atoms with van der Waals surface area (Å²) in [5.74, 6) is 0. The van der Waals surface area contributed by atoms with Gasteiger partial charge in [0.2, 0.25) is 0 Å². The second-order valence-electron chi connectivity index (χ2n) is 5.27. The van der Waals surface area contributed by atoms with E-state index < -0.39 is 10.2 Å². The molecule has 2 fully saturated rings. The molecule has 106 valence electrons. The molecule has 0 aromatic carbocycles. The Morgan fingerprint density at radius 2 is 1.78 bits per heavy atom. The van der Waals surface area contributed by atoms with E-state index in [9.17, 15) is 8.42 Å². The summed E-state index contributed by atoms with van der Waals surface area (Å²) in [5.41, 5.74) is 0. The molecule has 2 saturated heterocycles. The predicted octanol–water partition coefficient (Wildman–Crippen LogP) is 0.791. The van der Waals surface area contributed by atoms with Crippen molar-refractivity contribution in [3.8, 4) is 0 Å². The molecule has 2 rings (SSSR count). The van der Waals surface area contributed by atoms with E-state index in [2.05, 4.69) is 12.2 Å². The van der Waals surface area contributed by atoms with Crippen molar-refractivity contribution in [2.24, 2.45) is 0 Å². The number of nitrogens with one attached hydrogen (secondary N) is 1. The first-order valence-corrected chi connectivity index (χ1v) is 8.53. The Morgan fingerprint density at radius 3 is 2.44 bits per heavy atom. The summed E-state index contributed by atoms with van der Waals surface area (Å²) in [6, 6.07) is 0.330. The fourth-order valence-electron chi connectivity index (χ4n) is 2.75. The Morgan fingerprint density at radius 1 is 1.11 bits per heavy atom. The number of rotatable bonds is 5. The zero-order valence-corrected chi connectivity index (χ0v) is 12.1. The minimum Gasteiger partial charge on any atom is -0.313 e. The van der Waals surface area contributed by atoms with Crippen molar-refractivity contribution in [3.05, 3.63) is 0 Å². The SMILES string of the molecule is CCCNC1CCCN(S(=O)(=O)N2CCCC2)C1. The number of hydrogen-bond acceptors (Lipinski definition) is 3. The van der Waals surface area contributed by atoms with Gasteiger partial charge in [-0.3, -0.25) is 0 Å². The van der Waals surface area contributed by atoms with Crippen molar-refractivity contribution in [2.75, 3.05) is 32.7 Å². The van der Waals surface area contributed by atoms with E-state index in [0.29, 0.717) is 32.2 Å². The van der Waals surface area contributed by atoms with Crippen LogP contribution in [0, 0.1) is 0 Å². The molecule has 0 aliphatic carbocycles. The first-order chi connectivity index (χ1) is 8.64. The van der Waals surface area contributed by atoms with E-state index in [4.69, 9.17) is 0 Å². The van der Waals surface area contributed by atoms with Gasteiger partial charge in [0.25, 0.3) is 10.2 Å². The van der Waals surface area contributed by atoms with Crippen LogP contribution in [0.3, 0.4) is 0 Å². The van der Waals surface area contributed by atoms with Gasteiger partial charge in [-0.15, -0.1) is 0 Å². The zero-order valence-electron chi connectivity index (χ0n) is 11.3. The Kier molecular flexibility index (Phi) is 5.00. The quantitative estimate of drug-likeness (QED) is 0.807. The van der Waals surface area contributed by atoms with Gasteiger partial charge in [-0.2, -0.15) is 17.0 Å². The van der Waals surface area contributed by atoms with Crippen LogP contribution in [0.15, 0.2) is 0 Å². The average Bonchev–Trinajstić information content (AvgIpc) is 2.91. The third kappa shape index (κ3) is 3.23. The van der Waals surface area contributed by atoms with Crippen LogP contribution >= 0.6 is 0 Å². The van der Waals surface area contributed by atoms with Gasteiger partial charge in [0.05, 0.1) is 0 Å². The van der Waals surface area contributed by atoms with Crippen LogP contribution in [-0.4, -0.2) is 55.8 Å². The van der Waals surface area contributed by atoms with Crippen LogP contribution in [0.5, 0.6) is 0 Å². The number of nitrogens with zero attached hydrogens (tertiary/aromatic N) is 2. The van der Waals surface area contributed by atoms with Gasteiger partial charge in [0, 0.05) is 32.2 Å². The summed E-state index contributed by atoms with van der Waals surface area (Å²) < 4.78 is 28.2. The van der Waals surface area contributed by atoms with Gasteiger partial charge < -0.3 is 5.32 Å². The van der Waals surface area contributed by atoms with Gasteiger partial charge >= 0.3 is 0 Å². The summed E-state index contributed by atoms with van der Waals surface area (Å²) in [5, 5.41) is 3.44. The maximum absolute atomic E-state index is 12.4. The fraction of sp³-hybridized carbons (Fsp3) is 1.00. The molecule has 1 unspecified atom stereocenters. The molecule has 0 radical (unpaired) electrons. The molecule has 0 spiro atoms. The van der Waals surface area contributed by atoms with E-state index in [1.54, 1.807) is 8.61 Å². The molecule has 5 nitrogen and oxygen atoms in total. The largest absolute Gasteiger partial charge is 0.313 e. The molecule has 1 N–H and O–H groups in total. The van der Waals surface area contributed by atoms with Crippen LogP contribution < -0.4 is 5.32 Å². The molecule has 18 heavy (non-hydrogen) atoms. The lowest BCUT2D eigenvalue weighted by Crippen LogP contribution is -2.52. The smallest absolute Gasteiger partial charge is 0.282 e. The highest BCUT2D eigenvalue weighted by atomic mass is 32.2. The zero-order chi connectivity index (χ0) is 13.0. The number of piperidine rings is 1. The summed E-state index contributed by atoms with van der Waals surface area (Å²) in [6.07, 6.45) is 5.16. The number of hydrogen-bond donors (Lipinski definition) is 1. The van der Waals surface area contributed by atoms with Crippen LogP contribution in [0.2, 0.25) is 0 Å². The molecule has 6 heteroatoms. The molecule has 0 aromatic heterocycles. The third-order valence-electron chi connectivity index (χ3n) is 3.78. The Balaban J connectivity index is 1.94. The molecule has 0 bridgehead atoms. The first kappa shape index (κ1) is 14.2. The summed E-state index contributed by atoms with van der Waals surface area (Å²) in [4.78, 5) is 0. The maximum atomic E-state index is 12.4. The van der Waals surface area contributed by atoms with Crippen LogP contribution in [0.25, 0.3) is 0 Å². The van der Waals surface area contributed by atoms with Crippen LogP contribution in [-0.2, 0) is 10.2 Å². The summed E-state index contributed by atoms with van der Waals surface area (Å²) in [7, 11) is -3.19. The fourth-order valence-corrected chi connectivity index (χ4v) is 4.52. The lowest BCUT2D eigenvalue weighted by atomic mass is 10.1. The van der Waals surface area contributed by atoms with Crippen molar-refractivity contribution < 1.29 is 8.42 Å². The Labute approximate surface area is 111 Å². The van der Waals surface area contributed by atoms with E-state index in [1.807, 2.05) is 0 Å². The van der Waals surface area contributed by atoms with Gasteiger partial charge in [-0.05, 0) is 38.6 Å². The van der Waals surface area contributed by atoms with Crippen molar-refractivity contribution in [3.63, 3.8) is 0 Å². The topological polar surface area (TPSA) is 52.7 Å². The van der Waals surface area contributed by atoms with Crippen molar-refractivity contribution >= 4 is 10.2 Å². The van der Waals surface area contributed by atoms with Crippen molar-refractivity contribution in [2.45, 2.75) is 45.1 Å². The second kappa shape index (κ2) is 6.32. The highest BCUT2D eigenvalue weighted by molar-refractivity contribution is 7.86. The first-order valence-electron chi connectivity index (χ1n) is 7.13. The van der Waals surface area contributed by atoms with Crippen LogP contribution in [0.1, 0.15) is 39.0 Å². The molecule has 1 atom stereocenters. The summed E-state index contributed by atoms with van der Waals surface area (Å²) >= 11 is 0. The maximum Gasteiger partial charge on any atom is 0.282 e. The molecule has 2 aliphatic heterocycles. The van der Waals surface area contributed by atoms with E-state index in [0.717, 1.165) is 38.6 Å². The highest BCUT2D eigenvalue weighted by Gasteiger charge is 2.34. The normalized spacial score (nSPS) is 27.7. The molecule has 0 aromatic rings. The Hall–Kier alpha value is -0.170. The molecule has 0 saturated carbocycles. The standard InChI is InChI=1S/C12H25N3O2S/c1-2-7-13-12-6-5-10-15(11-12)18(16,17)14-8-3-4-9-14/h12-13H,2-11H2,1H3. The van der Waals surface area contributed by atoms with Gasteiger partial charge in [-0.1, -0.05) is 6.92 Å². The van der Waals surface area contributed by atoms with E-state index in [-0.39, 0.29) is 0 Å². The van der Waals surface area contributed by atoms with Gasteiger partial charge in [0.15, 0.2) is 0 Å². The van der Waals surface area contributed by atoms with Gasteiger partial charge in [0.1, 0.15) is 0 Å². The molecular weight excluding hydrogens is 250 g/mol.